The van der Waals surface area contributed by atoms with Crippen LogP contribution in [0.1, 0.15) is 26.7 Å². The number of nitrogens with one attached hydrogen (secondary N) is 1. The van der Waals surface area contributed by atoms with Crippen molar-refractivity contribution in [2.24, 2.45) is 0 Å². The van der Waals surface area contributed by atoms with Gasteiger partial charge in [0.1, 0.15) is 5.54 Å². The fourth-order valence-corrected chi connectivity index (χ4v) is 1.60. The van der Waals surface area contributed by atoms with Crippen molar-refractivity contribution in [3.8, 4) is 0 Å². The lowest BCUT2D eigenvalue weighted by Crippen LogP contribution is -2.52. The Balaban J connectivity index is 4.31. The summed E-state index contributed by atoms with van der Waals surface area (Å²) in [6.07, 6.45) is 2.29. The number of carboxylic acids is 1. The summed E-state index contributed by atoms with van der Waals surface area (Å²) < 4.78 is 4.80. The van der Waals surface area contributed by atoms with Crippen molar-refractivity contribution in [1.29, 1.82) is 0 Å². The topological polar surface area (TPSA) is 75.6 Å². The minimum atomic E-state index is -1.26. The molecule has 2 N–H and O–H groups in total. The van der Waals surface area contributed by atoms with E-state index >= 15 is 0 Å². The molecular weight excluding hydrogens is 230 g/mol. The van der Waals surface area contributed by atoms with E-state index in [1.807, 2.05) is 13.2 Å². The van der Waals surface area contributed by atoms with Crippen LogP contribution in [-0.4, -0.2) is 41.3 Å². The Morgan fingerprint density at radius 1 is 1.50 bits per heavy atom. The molecule has 0 radical (unpaired) electrons. The van der Waals surface area contributed by atoms with Crippen molar-refractivity contribution in [1.82, 2.24) is 5.32 Å². The highest BCUT2D eigenvalue weighted by atomic mass is 32.2. The third kappa shape index (κ3) is 5.25. The largest absolute Gasteiger partial charge is 0.480 e. The van der Waals surface area contributed by atoms with Crippen LogP contribution in [-0.2, 0) is 9.53 Å². The van der Waals surface area contributed by atoms with Crippen molar-refractivity contribution in [2.75, 3.05) is 18.6 Å². The van der Waals surface area contributed by atoms with Crippen molar-refractivity contribution < 1.29 is 19.4 Å². The molecule has 16 heavy (non-hydrogen) atoms. The van der Waals surface area contributed by atoms with Crippen LogP contribution in [0.15, 0.2) is 0 Å². The third-order valence-electron chi connectivity index (χ3n) is 2.09. The number of carbonyl (C=O) groups excluding carboxylic acids is 1. The quantitative estimate of drug-likeness (QED) is 0.718. The molecule has 0 aromatic heterocycles. The van der Waals surface area contributed by atoms with Gasteiger partial charge in [-0.2, -0.15) is 11.8 Å². The van der Waals surface area contributed by atoms with Crippen molar-refractivity contribution >= 4 is 23.8 Å². The number of hydrogen-bond donors (Lipinski definition) is 2. The number of hydrogen-bond acceptors (Lipinski definition) is 4. The molecule has 0 fully saturated rings. The van der Waals surface area contributed by atoms with Crippen LogP contribution in [0.25, 0.3) is 0 Å². The second-order valence-electron chi connectivity index (χ2n) is 3.64. The van der Waals surface area contributed by atoms with E-state index < -0.39 is 17.6 Å². The minimum Gasteiger partial charge on any atom is -0.480 e. The van der Waals surface area contributed by atoms with Gasteiger partial charge in [0.15, 0.2) is 0 Å². The van der Waals surface area contributed by atoms with Crippen LogP contribution in [0.5, 0.6) is 0 Å². The Morgan fingerprint density at radius 3 is 2.56 bits per heavy atom. The summed E-state index contributed by atoms with van der Waals surface area (Å²) >= 11 is 1.54. The first-order valence-electron chi connectivity index (χ1n) is 5.13. The first-order valence-corrected chi connectivity index (χ1v) is 6.53. The van der Waals surface area contributed by atoms with Crippen LogP contribution in [0.2, 0.25) is 0 Å². The molecule has 0 aliphatic rings. The number of carboxylic acid groups (broad SMARTS) is 1. The second-order valence-corrected chi connectivity index (χ2v) is 4.63. The number of thioether (sulfide) groups is 1. The predicted molar refractivity (Wildman–Crippen MR) is 63.8 cm³/mol. The van der Waals surface area contributed by atoms with Gasteiger partial charge in [-0.3, -0.25) is 0 Å². The fraction of sp³-hybridized carbons (Fsp3) is 0.800. The lowest BCUT2D eigenvalue weighted by atomic mass is 10.00. The average Bonchev–Trinajstić information content (AvgIpc) is 2.23. The summed E-state index contributed by atoms with van der Waals surface area (Å²) in [5.41, 5.74) is -1.26. The zero-order valence-corrected chi connectivity index (χ0v) is 10.7. The lowest BCUT2D eigenvalue weighted by Gasteiger charge is -2.25. The molecule has 0 saturated heterocycles. The Morgan fingerprint density at radius 2 is 2.12 bits per heavy atom. The summed E-state index contributed by atoms with van der Waals surface area (Å²) in [5.74, 6) is -0.383. The molecule has 0 aromatic rings. The van der Waals surface area contributed by atoms with E-state index in [1.165, 1.54) is 18.7 Å². The number of ether oxygens (including phenoxy) is 1. The molecule has 1 amide bonds. The van der Waals surface area contributed by atoms with Gasteiger partial charge >= 0.3 is 12.1 Å². The minimum absolute atomic E-state index is 0.296. The highest BCUT2D eigenvalue weighted by Gasteiger charge is 2.34. The summed E-state index contributed by atoms with van der Waals surface area (Å²) in [4.78, 5) is 22.3. The fourth-order valence-electron chi connectivity index (χ4n) is 0.985. The Bertz CT molecular complexity index is 247. The van der Waals surface area contributed by atoms with E-state index in [9.17, 15) is 9.59 Å². The highest BCUT2D eigenvalue weighted by molar-refractivity contribution is 7.98. The standard InChI is InChI=1S/C10H19NO4S/c1-4-6-15-9(14)11-10(2,8(12)13)5-7-16-3/h4-7H2,1-3H3,(H,11,14)(H,12,13)/t10-/m0/s1. The van der Waals surface area contributed by atoms with Crippen LogP contribution >= 0.6 is 11.8 Å². The van der Waals surface area contributed by atoms with Gasteiger partial charge in [0, 0.05) is 0 Å². The van der Waals surface area contributed by atoms with Crippen LogP contribution in [0.4, 0.5) is 4.79 Å². The second kappa shape index (κ2) is 7.38. The van der Waals surface area contributed by atoms with Gasteiger partial charge < -0.3 is 15.2 Å². The molecule has 0 saturated carbocycles. The molecule has 0 heterocycles. The maximum Gasteiger partial charge on any atom is 0.408 e. The van der Waals surface area contributed by atoms with Crippen LogP contribution in [0, 0.1) is 0 Å². The molecule has 0 rings (SSSR count). The molecule has 94 valence electrons. The van der Waals surface area contributed by atoms with Gasteiger partial charge in [0.05, 0.1) is 6.61 Å². The van der Waals surface area contributed by atoms with Crippen molar-refractivity contribution in [3.63, 3.8) is 0 Å². The van der Waals surface area contributed by atoms with Gasteiger partial charge in [-0.1, -0.05) is 6.92 Å². The highest BCUT2D eigenvalue weighted by Crippen LogP contribution is 2.13. The van der Waals surface area contributed by atoms with Crippen molar-refractivity contribution in [2.45, 2.75) is 32.2 Å². The zero-order chi connectivity index (χ0) is 12.6. The SMILES string of the molecule is CCCOC(=O)N[C@@](C)(CCSC)C(=O)O. The Kier molecular flexibility index (Phi) is 6.96. The number of aliphatic carboxylic acids is 1. The summed E-state index contributed by atoms with van der Waals surface area (Å²) in [5, 5.41) is 11.4. The Hall–Kier alpha value is -0.910. The van der Waals surface area contributed by atoms with E-state index in [0.29, 0.717) is 25.2 Å². The molecule has 0 aromatic carbocycles. The molecule has 0 aliphatic carbocycles. The van der Waals surface area contributed by atoms with E-state index in [2.05, 4.69) is 5.32 Å². The molecule has 0 aliphatic heterocycles. The number of rotatable bonds is 7. The van der Waals surface area contributed by atoms with E-state index in [1.54, 1.807) is 0 Å². The summed E-state index contributed by atoms with van der Waals surface area (Å²) in [6, 6.07) is 0. The zero-order valence-electron chi connectivity index (χ0n) is 9.91. The molecule has 0 bridgehead atoms. The van der Waals surface area contributed by atoms with E-state index in [-0.39, 0.29) is 0 Å². The third-order valence-corrected chi connectivity index (χ3v) is 2.71. The summed E-state index contributed by atoms with van der Waals surface area (Å²) in [6.45, 7) is 3.65. The Labute approximate surface area is 99.9 Å². The molecule has 5 nitrogen and oxygen atoms in total. The van der Waals surface area contributed by atoms with E-state index in [4.69, 9.17) is 9.84 Å². The molecular formula is C10H19NO4S. The molecule has 0 unspecified atom stereocenters. The first kappa shape index (κ1) is 15.1. The number of alkyl carbamates (subject to hydrolysis) is 1. The van der Waals surface area contributed by atoms with Gasteiger partial charge in [-0.05, 0) is 31.8 Å². The van der Waals surface area contributed by atoms with E-state index in [0.717, 1.165) is 0 Å². The summed E-state index contributed by atoms with van der Waals surface area (Å²) in [7, 11) is 0. The smallest absolute Gasteiger partial charge is 0.408 e. The first-order chi connectivity index (χ1) is 7.46. The normalized spacial score (nSPS) is 13.9. The van der Waals surface area contributed by atoms with Gasteiger partial charge in [0.25, 0.3) is 0 Å². The van der Waals surface area contributed by atoms with Crippen molar-refractivity contribution in [3.05, 3.63) is 0 Å². The van der Waals surface area contributed by atoms with Crippen LogP contribution < -0.4 is 5.32 Å². The number of carbonyl (C=O) groups is 2. The molecule has 0 spiro atoms. The predicted octanol–water partition coefficient (Wildman–Crippen LogP) is 1.72. The van der Waals surface area contributed by atoms with Gasteiger partial charge in [0.2, 0.25) is 0 Å². The van der Waals surface area contributed by atoms with Crippen LogP contribution in [0.3, 0.4) is 0 Å². The molecule has 6 heteroatoms. The van der Waals surface area contributed by atoms with Gasteiger partial charge in [-0.15, -0.1) is 0 Å². The molecule has 1 atom stereocenters. The number of amides is 1. The maximum atomic E-state index is 11.3. The lowest BCUT2D eigenvalue weighted by molar-refractivity contribution is -0.144. The monoisotopic (exact) mass is 249 g/mol. The van der Waals surface area contributed by atoms with Gasteiger partial charge in [-0.25, -0.2) is 9.59 Å². The average molecular weight is 249 g/mol. The maximum absolute atomic E-state index is 11.3.